The van der Waals surface area contributed by atoms with E-state index in [9.17, 15) is 0 Å². The first-order chi connectivity index (χ1) is 8.78. The second-order valence-corrected chi connectivity index (χ2v) is 4.39. The van der Waals surface area contributed by atoms with Gasteiger partial charge in [0, 0.05) is 16.8 Å². The average Bonchev–Trinajstić information content (AvgIpc) is 2.81. The minimum Gasteiger partial charge on any atom is -0.497 e. The molecule has 0 unspecified atom stereocenters. The Morgan fingerprint density at radius 3 is 2.94 bits per heavy atom. The maximum atomic E-state index is 5.96. The summed E-state index contributed by atoms with van der Waals surface area (Å²) in [7, 11) is 1.66. The highest BCUT2D eigenvalue weighted by Crippen LogP contribution is 2.24. The van der Waals surface area contributed by atoms with Crippen molar-refractivity contribution in [3.8, 4) is 17.1 Å². The minimum absolute atomic E-state index is 0.708. The quantitative estimate of drug-likeness (QED) is 0.701. The molecule has 0 bridgehead atoms. The average molecular weight is 259 g/mol. The first kappa shape index (κ1) is 11.1. The van der Waals surface area contributed by atoms with E-state index in [2.05, 4.69) is 4.98 Å². The molecule has 0 aliphatic heterocycles. The molecule has 4 heteroatoms. The van der Waals surface area contributed by atoms with E-state index in [1.54, 1.807) is 13.3 Å². The highest BCUT2D eigenvalue weighted by molar-refractivity contribution is 6.30. The molecule has 0 saturated heterocycles. The van der Waals surface area contributed by atoms with Crippen LogP contribution in [-0.4, -0.2) is 16.5 Å². The lowest BCUT2D eigenvalue weighted by molar-refractivity contribution is 0.415. The van der Waals surface area contributed by atoms with Crippen LogP contribution in [0, 0.1) is 0 Å². The molecular formula is C14H11ClN2O. The van der Waals surface area contributed by atoms with Gasteiger partial charge >= 0.3 is 0 Å². The second-order valence-electron chi connectivity index (χ2n) is 3.95. The molecule has 0 N–H and O–H groups in total. The van der Waals surface area contributed by atoms with Crippen LogP contribution in [0.1, 0.15) is 0 Å². The molecule has 0 atom stereocenters. The van der Waals surface area contributed by atoms with Crippen molar-refractivity contribution < 1.29 is 4.74 Å². The van der Waals surface area contributed by atoms with Gasteiger partial charge < -0.3 is 4.74 Å². The SMILES string of the molecule is COc1cccc(-c2ncc3cc(Cl)ccn23)c1. The number of pyridine rings is 1. The van der Waals surface area contributed by atoms with Crippen LogP contribution in [0.4, 0.5) is 0 Å². The van der Waals surface area contributed by atoms with Crippen LogP contribution in [0.3, 0.4) is 0 Å². The highest BCUT2D eigenvalue weighted by Gasteiger charge is 2.07. The van der Waals surface area contributed by atoms with Crippen LogP contribution < -0.4 is 4.74 Å². The maximum Gasteiger partial charge on any atom is 0.144 e. The van der Waals surface area contributed by atoms with Crippen molar-refractivity contribution >= 4 is 17.1 Å². The van der Waals surface area contributed by atoms with E-state index < -0.39 is 0 Å². The standard InChI is InChI=1S/C14H11ClN2O/c1-18-13-4-2-3-10(7-13)14-16-9-12-8-11(15)5-6-17(12)14/h2-9H,1H3. The maximum absolute atomic E-state index is 5.96. The molecular weight excluding hydrogens is 248 g/mol. The molecule has 0 aliphatic rings. The Labute approximate surface area is 110 Å². The van der Waals surface area contributed by atoms with E-state index in [1.165, 1.54) is 0 Å². The molecule has 0 fully saturated rings. The monoisotopic (exact) mass is 258 g/mol. The molecule has 0 amide bonds. The fraction of sp³-hybridized carbons (Fsp3) is 0.0714. The smallest absolute Gasteiger partial charge is 0.144 e. The molecule has 2 aromatic heterocycles. The number of hydrogen-bond acceptors (Lipinski definition) is 2. The van der Waals surface area contributed by atoms with Crippen LogP contribution in [0.2, 0.25) is 5.02 Å². The summed E-state index contributed by atoms with van der Waals surface area (Å²) in [6.07, 6.45) is 3.72. The van der Waals surface area contributed by atoms with Crippen molar-refractivity contribution in [1.82, 2.24) is 9.38 Å². The molecule has 0 aliphatic carbocycles. The Morgan fingerprint density at radius 2 is 2.11 bits per heavy atom. The Morgan fingerprint density at radius 1 is 1.22 bits per heavy atom. The van der Waals surface area contributed by atoms with Gasteiger partial charge in [-0.15, -0.1) is 0 Å². The van der Waals surface area contributed by atoms with Crippen molar-refractivity contribution in [3.63, 3.8) is 0 Å². The molecule has 90 valence electrons. The number of hydrogen-bond donors (Lipinski definition) is 0. The third-order valence-electron chi connectivity index (χ3n) is 2.82. The Bertz CT molecular complexity index is 706. The first-order valence-corrected chi connectivity index (χ1v) is 5.93. The summed E-state index contributed by atoms with van der Waals surface area (Å²) in [6.45, 7) is 0. The number of aromatic nitrogens is 2. The van der Waals surface area contributed by atoms with Crippen LogP contribution >= 0.6 is 11.6 Å². The van der Waals surface area contributed by atoms with Crippen LogP contribution in [0.25, 0.3) is 16.9 Å². The minimum atomic E-state index is 0.708. The zero-order valence-corrected chi connectivity index (χ0v) is 10.6. The van der Waals surface area contributed by atoms with E-state index in [0.29, 0.717) is 5.02 Å². The molecule has 0 spiro atoms. The lowest BCUT2D eigenvalue weighted by atomic mass is 10.2. The van der Waals surface area contributed by atoms with Gasteiger partial charge in [0.05, 0.1) is 18.8 Å². The summed E-state index contributed by atoms with van der Waals surface area (Å²) in [5, 5.41) is 0.708. The lowest BCUT2D eigenvalue weighted by Crippen LogP contribution is -1.90. The van der Waals surface area contributed by atoms with Gasteiger partial charge in [0.2, 0.25) is 0 Å². The number of nitrogens with zero attached hydrogens (tertiary/aromatic N) is 2. The summed E-state index contributed by atoms with van der Waals surface area (Å²) in [5.41, 5.74) is 1.98. The number of rotatable bonds is 2. The Kier molecular flexibility index (Phi) is 2.68. The molecule has 3 nitrogen and oxygen atoms in total. The largest absolute Gasteiger partial charge is 0.497 e. The number of benzene rings is 1. The summed E-state index contributed by atoms with van der Waals surface area (Å²) >= 11 is 5.96. The van der Waals surface area contributed by atoms with Crippen LogP contribution in [0.15, 0.2) is 48.8 Å². The van der Waals surface area contributed by atoms with Crippen molar-refractivity contribution in [1.29, 1.82) is 0 Å². The molecule has 2 heterocycles. The zero-order valence-electron chi connectivity index (χ0n) is 9.80. The van der Waals surface area contributed by atoms with Crippen LogP contribution in [0.5, 0.6) is 5.75 Å². The molecule has 3 aromatic rings. The number of imidazole rings is 1. The van der Waals surface area contributed by atoms with E-state index in [0.717, 1.165) is 22.7 Å². The summed E-state index contributed by atoms with van der Waals surface area (Å²) in [4.78, 5) is 4.43. The van der Waals surface area contributed by atoms with Gasteiger partial charge in [-0.2, -0.15) is 0 Å². The second kappa shape index (κ2) is 4.35. The third kappa shape index (κ3) is 1.83. The van der Waals surface area contributed by atoms with E-state index in [1.807, 2.05) is 47.0 Å². The number of fused-ring (bicyclic) bond motifs is 1. The van der Waals surface area contributed by atoms with E-state index >= 15 is 0 Å². The summed E-state index contributed by atoms with van der Waals surface area (Å²) in [6, 6.07) is 11.6. The number of halogens is 1. The third-order valence-corrected chi connectivity index (χ3v) is 3.06. The van der Waals surface area contributed by atoms with Crippen molar-refractivity contribution in [3.05, 3.63) is 53.8 Å². The van der Waals surface area contributed by atoms with Crippen molar-refractivity contribution in [2.45, 2.75) is 0 Å². The Hall–Kier alpha value is -2.00. The summed E-state index contributed by atoms with van der Waals surface area (Å²) in [5.74, 6) is 1.69. The molecule has 0 saturated carbocycles. The van der Waals surface area contributed by atoms with Gasteiger partial charge in [0.15, 0.2) is 0 Å². The highest BCUT2D eigenvalue weighted by atomic mass is 35.5. The normalized spacial score (nSPS) is 10.8. The summed E-state index contributed by atoms with van der Waals surface area (Å²) < 4.78 is 7.23. The van der Waals surface area contributed by atoms with Crippen molar-refractivity contribution in [2.75, 3.05) is 7.11 Å². The van der Waals surface area contributed by atoms with Gasteiger partial charge in [-0.05, 0) is 24.3 Å². The van der Waals surface area contributed by atoms with Gasteiger partial charge in [-0.25, -0.2) is 4.98 Å². The fourth-order valence-electron chi connectivity index (χ4n) is 1.95. The topological polar surface area (TPSA) is 26.5 Å². The van der Waals surface area contributed by atoms with E-state index in [-0.39, 0.29) is 0 Å². The number of methoxy groups -OCH3 is 1. The fourth-order valence-corrected chi connectivity index (χ4v) is 2.12. The van der Waals surface area contributed by atoms with Gasteiger partial charge in [-0.1, -0.05) is 23.7 Å². The molecule has 1 aromatic carbocycles. The first-order valence-electron chi connectivity index (χ1n) is 5.55. The zero-order chi connectivity index (χ0) is 12.5. The van der Waals surface area contributed by atoms with Gasteiger partial charge in [0.25, 0.3) is 0 Å². The van der Waals surface area contributed by atoms with Gasteiger partial charge in [0.1, 0.15) is 11.6 Å². The van der Waals surface area contributed by atoms with E-state index in [4.69, 9.17) is 16.3 Å². The predicted molar refractivity (Wildman–Crippen MR) is 72.2 cm³/mol. The molecule has 0 radical (unpaired) electrons. The Balaban J connectivity index is 2.19. The number of ether oxygens (including phenoxy) is 1. The molecule has 18 heavy (non-hydrogen) atoms. The van der Waals surface area contributed by atoms with Crippen LogP contribution in [-0.2, 0) is 0 Å². The van der Waals surface area contributed by atoms with Gasteiger partial charge in [-0.3, -0.25) is 4.40 Å². The lowest BCUT2D eigenvalue weighted by Gasteiger charge is -2.04. The predicted octanol–water partition coefficient (Wildman–Crippen LogP) is 3.66. The van der Waals surface area contributed by atoms with Crippen molar-refractivity contribution in [2.24, 2.45) is 0 Å². The molecule has 3 rings (SSSR count).